The minimum atomic E-state index is -3.05. The predicted octanol–water partition coefficient (Wildman–Crippen LogP) is 2.49. The van der Waals surface area contributed by atoms with Gasteiger partial charge in [0.2, 0.25) is 11.1 Å². The number of fused-ring (bicyclic) bond motifs is 1. The number of thioether (sulfide) groups is 1. The standard InChI is InChI=1S/C20H29N5O3S2/c1-13-14(2)21-19-22-20(23-25(19)15(13)3)29-11-18(26)24(16-7-5-4-6-8-16)17-9-10-30(27,28)12-17/h16-17H,4-12H2,1-3H3. The highest BCUT2D eigenvalue weighted by atomic mass is 32.2. The molecule has 1 saturated heterocycles. The first-order chi connectivity index (χ1) is 14.2. The van der Waals surface area contributed by atoms with Crippen molar-refractivity contribution in [2.45, 2.75) is 76.5 Å². The Morgan fingerprint density at radius 2 is 1.83 bits per heavy atom. The average molecular weight is 452 g/mol. The van der Waals surface area contributed by atoms with Gasteiger partial charge in [-0.1, -0.05) is 31.0 Å². The summed E-state index contributed by atoms with van der Waals surface area (Å²) in [5.74, 6) is 1.01. The summed E-state index contributed by atoms with van der Waals surface area (Å²) in [4.78, 5) is 24.1. The molecule has 2 fully saturated rings. The summed E-state index contributed by atoms with van der Waals surface area (Å²) in [5.41, 5.74) is 2.99. The van der Waals surface area contributed by atoms with Crippen LogP contribution in [0.15, 0.2) is 5.16 Å². The molecule has 164 valence electrons. The molecule has 1 atom stereocenters. The molecule has 4 rings (SSSR count). The van der Waals surface area contributed by atoms with Crippen molar-refractivity contribution in [2.24, 2.45) is 0 Å². The second kappa shape index (κ2) is 8.45. The smallest absolute Gasteiger partial charge is 0.253 e. The fraction of sp³-hybridized carbons (Fsp3) is 0.700. The molecule has 1 aliphatic heterocycles. The molecular weight excluding hydrogens is 422 g/mol. The summed E-state index contributed by atoms with van der Waals surface area (Å²) in [7, 11) is -3.05. The molecule has 1 unspecified atom stereocenters. The SMILES string of the molecule is Cc1nc2nc(SCC(=O)N(C3CCCCC3)C3CCS(=O)(=O)C3)nn2c(C)c1C. The van der Waals surface area contributed by atoms with E-state index in [4.69, 9.17) is 0 Å². The maximum Gasteiger partial charge on any atom is 0.253 e. The fourth-order valence-corrected chi connectivity index (χ4v) is 6.96. The molecule has 1 aliphatic carbocycles. The average Bonchev–Trinajstić information content (AvgIpc) is 3.28. The van der Waals surface area contributed by atoms with Gasteiger partial charge in [0.05, 0.1) is 17.3 Å². The van der Waals surface area contributed by atoms with Crippen LogP contribution >= 0.6 is 11.8 Å². The normalized spacial score (nSPS) is 21.9. The highest BCUT2D eigenvalue weighted by Crippen LogP contribution is 2.29. The van der Waals surface area contributed by atoms with Gasteiger partial charge in [-0.25, -0.2) is 17.9 Å². The van der Waals surface area contributed by atoms with Crippen molar-refractivity contribution in [3.63, 3.8) is 0 Å². The minimum absolute atomic E-state index is 0.00935. The lowest BCUT2D eigenvalue weighted by molar-refractivity contribution is -0.133. The van der Waals surface area contributed by atoms with Gasteiger partial charge in [-0.2, -0.15) is 4.98 Å². The maximum absolute atomic E-state index is 13.2. The van der Waals surface area contributed by atoms with Gasteiger partial charge in [-0.05, 0) is 45.6 Å². The molecule has 2 aromatic rings. The Labute approximate surface area is 181 Å². The van der Waals surface area contributed by atoms with Crippen LogP contribution in [0.25, 0.3) is 5.78 Å². The summed E-state index contributed by atoms with van der Waals surface area (Å²) >= 11 is 1.30. The van der Waals surface area contributed by atoms with Crippen LogP contribution in [0.5, 0.6) is 0 Å². The first-order valence-corrected chi connectivity index (χ1v) is 13.4. The zero-order valence-electron chi connectivity index (χ0n) is 17.8. The van der Waals surface area contributed by atoms with Gasteiger partial charge in [0.1, 0.15) is 0 Å². The van der Waals surface area contributed by atoms with Crippen molar-refractivity contribution in [3.8, 4) is 0 Å². The summed E-state index contributed by atoms with van der Waals surface area (Å²) in [6.45, 7) is 5.94. The molecule has 0 bridgehead atoms. The summed E-state index contributed by atoms with van der Waals surface area (Å²) in [5, 5.41) is 5.04. The second-order valence-corrected chi connectivity index (χ2v) is 11.6. The van der Waals surface area contributed by atoms with Crippen LogP contribution in [0, 0.1) is 20.8 Å². The van der Waals surface area contributed by atoms with E-state index in [1.165, 1.54) is 18.2 Å². The van der Waals surface area contributed by atoms with E-state index in [0.29, 0.717) is 17.4 Å². The Morgan fingerprint density at radius 3 is 2.50 bits per heavy atom. The van der Waals surface area contributed by atoms with Crippen molar-refractivity contribution in [1.29, 1.82) is 0 Å². The van der Waals surface area contributed by atoms with E-state index in [1.807, 2.05) is 25.7 Å². The van der Waals surface area contributed by atoms with Crippen molar-refractivity contribution in [1.82, 2.24) is 24.5 Å². The lowest BCUT2D eigenvalue weighted by Crippen LogP contribution is -2.49. The van der Waals surface area contributed by atoms with Crippen LogP contribution in [-0.2, 0) is 14.6 Å². The lowest BCUT2D eigenvalue weighted by atomic mass is 9.93. The molecule has 0 aromatic carbocycles. The summed E-state index contributed by atoms with van der Waals surface area (Å²) in [6.07, 6.45) is 5.84. The van der Waals surface area contributed by atoms with Crippen LogP contribution in [-0.4, -0.2) is 68.1 Å². The predicted molar refractivity (Wildman–Crippen MR) is 116 cm³/mol. The Hall–Kier alpha value is -1.68. The van der Waals surface area contributed by atoms with E-state index in [2.05, 4.69) is 15.1 Å². The van der Waals surface area contributed by atoms with E-state index in [0.717, 1.165) is 42.6 Å². The van der Waals surface area contributed by atoms with Crippen LogP contribution in [0.2, 0.25) is 0 Å². The van der Waals surface area contributed by atoms with Crippen LogP contribution < -0.4 is 0 Å². The molecule has 1 saturated carbocycles. The molecule has 2 aromatic heterocycles. The van der Waals surface area contributed by atoms with Crippen molar-refractivity contribution in [2.75, 3.05) is 17.3 Å². The number of rotatable bonds is 5. The first-order valence-electron chi connectivity index (χ1n) is 10.6. The number of carbonyl (C=O) groups excluding carboxylic acids is 1. The molecule has 0 radical (unpaired) electrons. The van der Waals surface area contributed by atoms with E-state index < -0.39 is 9.84 Å². The third-order valence-electron chi connectivity index (χ3n) is 6.42. The van der Waals surface area contributed by atoms with Gasteiger partial charge in [0, 0.05) is 23.5 Å². The molecule has 3 heterocycles. The second-order valence-electron chi connectivity index (χ2n) is 8.45. The third-order valence-corrected chi connectivity index (χ3v) is 9.00. The number of aromatic nitrogens is 4. The zero-order chi connectivity index (χ0) is 21.5. The highest BCUT2D eigenvalue weighted by molar-refractivity contribution is 7.99. The van der Waals surface area contributed by atoms with Gasteiger partial charge in [-0.3, -0.25) is 4.79 Å². The fourth-order valence-electron chi connectivity index (χ4n) is 4.56. The Bertz CT molecular complexity index is 1060. The Morgan fingerprint density at radius 1 is 1.10 bits per heavy atom. The van der Waals surface area contributed by atoms with Gasteiger partial charge in [-0.15, -0.1) is 5.10 Å². The molecule has 2 aliphatic rings. The quantitative estimate of drug-likeness (QED) is 0.644. The van der Waals surface area contributed by atoms with Gasteiger partial charge < -0.3 is 4.90 Å². The van der Waals surface area contributed by atoms with Crippen LogP contribution in [0.3, 0.4) is 0 Å². The number of nitrogens with zero attached hydrogens (tertiary/aromatic N) is 5. The summed E-state index contributed by atoms with van der Waals surface area (Å²) < 4.78 is 25.8. The molecule has 1 amide bonds. The lowest BCUT2D eigenvalue weighted by Gasteiger charge is -2.38. The first kappa shape index (κ1) is 21.5. The third kappa shape index (κ3) is 4.34. The number of sulfone groups is 1. The van der Waals surface area contributed by atoms with Gasteiger partial charge >= 0.3 is 0 Å². The number of aryl methyl sites for hydroxylation is 2. The van der Waals surface area contributed by atoms with Gasteiger partial charge in [0.25, 0.3) is 5.78 Å². The van der Waals surface area contributed by atoms with Crippen molar-refractivity contribution in [3.05, 3.63) is 17.0 Å². The van der Waals surface area contributed by atoms with E-state index >= 15 is 0 Å². The Kier molecular flexibility index (Phi) is 6.07. The topological polar surface area (TPSA) is 97.5 Å². The molecule has 8 nitrogen and oxygen atoms in total. The zero-order valence-corrected chi connectivity index (χ0v) is 19.4. The van der Waals surface area contributed by atoms with Crippen LogP contribution in [0.1, 0.15) is 55.5 Å². The van der Waals surface area contributed by atoms with Crippen LogP contribution in [0.4, 0.5) is 0 Å². The molecule has 30 heavy (non-hydrogen) atoms. The Balaban J connectivity index is 1.51. The molecular formula is C20H29N5O3S2. The maximum atomic E-state index is 13.2. The highest BCUT2D eigenvalue weighted by Gasteiger charge is 2.38. The van der Waals surface area contributed by atoms with E-state index in [1.54, 1.807) is 4.52 Å². The van der Waals surface area contributed by atoms with Gasteiger partial charge in [0.15, 0.2) is 9.84 Å². The van der Waals surface area contributed by atoms with Crippen molar-refractivity contribution >= 4 is 33.3 Å². The number of amides is 1. The monoisotopic (exact) mass is 451 g/mol. The molecule has 0 spiro atoms. The van der Waals surface area contributed by atoms with E-state index in [9.17, 15) is 13.2 Å². The molecule has 10 heteroatoms. The molecule has 0 N–H and O–H groups in total. The summed E-state index contributed by atoms with van der Waals surface area (Å²) in [6, 6.07) is -0.0529. The van der Waals surface area contributed by atoms with E-state index in [-0.39, 0.29) is 35.2 Å². The minimum Gasteiger partial charge on any atom is -0.335 e. The number of hydrogen-bond donors (Lipinski definition) is 0. The largest absolute Gasteiger partial charge is 0.335 e. The van der Waals surface area contributed by atoms with Crippen molar-refractivity contribution < 1.29 is 13.2 Å². The number of hydrogen-bond acceptors (Lipinski definition) is 7. The number of carbonyl (C=O) groups is 1.